The summed E-state index contributed by atoms with van der Waals surface area (Å²) in [7, 11) is 0. The van der Waals surface area contributed by atoms with Crippen molar-refractivity contribution in [1.82, 2.24) is 0 Å². The van der Waals surface area contributed by atoms with E-state index in [1.807, 2.05) is 6.08 Å². The molecule has 56 valence electrons. The molecule has 0 nitrogen and oxygen atoms in total. The molecule has 0 spiro atoms. The van der Waals surface area contributed by atoms with Crippen LogP contribution in [0, 0.1) is 0 Å². The minimum atomic E-state index is 1.03. The molecule has 0 aliphatic carbocycles. The van der Waals surface area contributed by atoms with E-state index in [0.29, 0.717) is 0 Å². The Bertz CT molecular complexity index is 164. The Kier molecular flexibility index (Phi) is 5.32. The van der Waals surface area contributed by atoms with Crippen LogP contribution in [0.5, 0.6) is 0 Å². The molecule has 0 heterocycles. The highest BCUT2D eigenvalue weighted by Gasteiger charge is 1.81. The van der Waals surface area contributed by atoms with Crippen molar-refractivity contribution in [2.45, 2.75) is 20.3 Å². The van der Waals surface area contributed by atoms with E-state index in [2.05, 4.69) is 42.4 Å². The number of allylic oxidation sites excluding steroid dienone is 5. The van der Waals surface area contributed by atoms with Crippen molar-refractivity contribution in [3.05, 3.63) is 34.9 Å². The largest absolute Gasteiger partial charge is 0.0979 e. The molecule has 0 amide bonds. The predicted octanol–water partition coefficient (Wildman–Crippen LogP) is 3.81. The van der Waals surface area contributed by atoms with Crippen molar-refractivity contribution in [3.8, 4) is 0 Å². The smallest absolute Gasteiger partial charge is 0.0169 e. The van der Waals surface area contributed by atoms with Crippen LogP contribution in [0.1, 0.15) is 20.3 Å². The summed E-state index contributed by atoms with van der Waals surface area (Å²) >= 11 is 3.33. The zero-order valence-electron chi connectivity index (χ0n) is 6.52. The van der Waals surface area contributed by atoms with Gasteiger partial charge in [0.05, 0.1) is 0 Å². The molecule has 0 atom stereocenters. The van der Waals surface area contributed by atoms with E-state index in [1.54, 1.807) is 6.08 Å². The molecule has 0 aliphatic rings. The van der Waals surface area contributed by atoms with Crippen molar-refractivity contribution in [3.63, 3.8) is 0 Å². The topological polar surface area (TPSA) is 0 Å². The lowest BCUT2D eigenvalue weighted by Gasteiger charge is -1.89. The van der Waals surface area contributed by atoms with Gasteiger partial charge in [-0.05, 0) is 19.4 Å². The van der Waals surface area contributed by atoms with Crippen molar-refractivity contribution in [2.75, 3.05) is 0 Å². The second kappa shape index (κ2) is 5.48. The van der Waals surface area contributed by atoms with E-state index < -0.39 is 0 Å². The van der Waals surface area contributed by atoms with E-state index in [-0.39, 0.29) is 0 Å². The molecule has 0 bridgehead atoms. The maximum absolute atomic E-state index is 3.62. The van der Waals surface area contributed by atoms with E-state index >= 15 is 0 Å². The highest BCUT2D eigenvalue weighted by molar-refractivity contribution is 9.11. The highest BCUT2D eigenvalue weighted by atomic mass is 79.9. The maximum atomic E-state index is 3.62. The Morgan fingerprint density at radius 2 is 2.10 bits per heavy atom. The maximum Gasteiger partial charge on any atom is 0.0169 e. The van der Waals surface area contributed by atoms with E-state index in [0.717, 1.165) is 10.9 Å². The first kappa shape index (κ1) is 9.70. The van der Waals surface area contributed by atoms with Crippen molar-refractivity contribution >= 4 is 15.9 Å². The normalized spacial score (nSPS) is 13.5. The molecular formula is C9H13Br. The minimum Gasteiger partial charge on any atom is -0.0979 e. The molecule has 0 saturated heterocycles. The van der Waals surface area contributed by atoms with Crippen LogP contribution < -0.4 is 0 Å². The summed E-state index contributed by atoms with van der Waals surface area (Å²) in [4.78, 5) is 0. The zero-order valence-corrected chi connectivity index (χ0v) is 8.11. The first-order valence-electron chi connectivity index (χ1n) is 3.36. The van der Waals surface area contributed by atoms with E-state index in [1.165, 1.54) is 5.57 Å². The third-order valence-electron chi connectivity index (χ3n) is 1.28. The lowest BCUT2D eigenvalue weighted by molar-refractivity contribution is 1.10. The lowest BCUT2D eigenvalue weighted by atomic mass is 10.2. The van der Waals surface area contributed by atoms with Gasteiger partial charge in [-0.15, -0.1) is 0 Å². The fourth-order valence-corrected chi connectivity index (χ4v) is 0.540. The molecule has 0 N–H and O–H groups in total. The summed E-state index contributed by atoms with van der Waals surface area (Å²) < 4.78 is 1.03. The first-order valence-corrected chi connectivity index (χ1v) is 4.15. The Balaban J connectivity index is 4.03. The summed E-state index contributed by atoms with van der Waals surface area (Å²) in [6.07, 6.45) is 6.98. The molecule has 0 aromatic heterocycles. The summed E-state index contributed by atoms with van der Waals surface area (Å²) in [5, 5.41) is 0. The average molecular weight is 201 g/mol. The Morgan fingerprint density at radius 1 is 1.50 bits per heavy atom. The van der Waals surface area contributed by atoms with Crippen LogP contribution in [0.25, 0.3) is 0 Å². The fourth-order valence-electron chi connectivity index (χ4n) is 0.408. The van der Waals surface area contributed by atoms with Gasteiger partial charge < -0.3 is 0 Å². The fraction of sp³-hybridized carbons (Fsp3) is 0.333. The van der Waals surface area contributed by atoms with Gasteiger partial charge in [0.2, 0.25) is 0 Å². The van der Waals surface area contributed by atoms with Gasteiger partial charge in [-0.25, -0.2) is 0 Å². The summed E-state index contributed by atoms with van der Waals surface area (Å²) in [6.45, 7) is 7.87. The molecule has 0 rings (SSSR count). The molecule has 0 unspecified atom stereocenters. The monoisotopic (exact) mass is 200 g/mol. The lowest BCUT2D eigenvalue weighted by Crippen LogP contribution is -1.68. The minimum absolute atomic E-state index is 1.03. The van der Waals surface area contributed by atoms with Crippen LogP contribution in [0.3, 0.4) is 0 Å². The Morgan fingerprint density at radius 3 is 2.50 bits per heavy atom. The number of hydrogen-bond acceptors (Lipinski definition) is 0. The number of rotatable bonds is 3. The van der Waals surface area contributed by atoms with E-state index in [9.17, 15) is 0 Å². The van der Waals surface area contributed by atoms with Gasteiger partial charge in [0, 0.05) is 4.48 Å². The number of halogens is 1. The molecule has 0 radical (unpaired) electrons. The van der Waals surface area contributed by atoms with Crippen LogP contribution in [-0.4, -0.2) is 0 Å². The molecular weight excluding hydrogens is 188 g/mol. The van der Waals surface area contributed by atoms with Gasteiger partial charge in [0.15, 0.2) is 0 Å². The standard InChI is InChI=1S/C9H13Br/c1-4-8(3)6-7-9(10)5-2/h5-7H,2,4H2,1,3H3/b8-6+,9-7+. The molecule has 0 saturated carbocycles. The molecule has 1 heteroatoms. The second-order valence-corrected chi connectivity index (χ2v) is 3.04. The third kappa shape index (κ3) is 4.57. The van der Waals surface area contributed by atoms with Gasteiger partial charge in [-0.1, -0.05) is 47.2 Å². The third-order valence-corrected chi connectivity index (χ3v) is 1.87. The number of hydrogen-bond donors (Lipinski definition) is 0. The van der Waals surface area contributed by atoms with Crippen LogP contribution in [0.15, 0.2) is 34.9 Å². The summed E-state index contributed by atoms with van der Waals surface area (Å²) in [5.74, 6) is 0. The van der Waals surface area contributed by atoms with Crippen LogP contribution >= 0.6 is 15.9 Å². The van der Waals surface area contributed by atoms with Gasteiger partial charge >= 0.3 is 0 Å². The second-order valence-electron chi connectivity index (χ2n) is 2.12. The highest BCUT2D eigenvalue weighted by Crippen LogP contribution is 2.07. The van der Waals surface area contributed by atoms with Crippen LogP contribution in [0.4, 0.5) is 0 Å². The van der Waals surface area contributed by atoms with Crippen LogP contribution in [0.2, 0.25) is 0 Å². The molecule has 0 fully saturated rings. The molecule has 0 aromatic carbocycles. The first-order chi connectivity index (χ1) is 4.70. The van der Waals surface area contributed by atoms with Gasteiger partial charge in [-0.2, -0.15) is 0 Å². The quantitative estimate of drug-likeness (QED) is 0.609. The average Bonchev–Trinajstić information content (AvgIpc) is 1.99. The van der Waals surface area contributed by atoms with Gasteiger partial charge in [0.1, 0.15) is 0 Å². The van der Waals surface area contributed by atoms with Gasteiger partial charge in [0.25, 0.3) is 0 Å². The SMILES string of the molecule is C=C/C(Br)=C\C=C(/C)CC. The Hall–Kier alpha value is -0.300. The van der Waals surface area contributed by atoms with E-state index in [4.69, 9.17) is 0 Å². The Labute approximate surface area is 71.5 Å². The molecule has 0 aliphatic heterocycles. The predicted molar refractivity (Wildman–Crippen MR) is 51.3 cm³/mol. The zero-order chi connectivity index (χ0) is 7.98. The molecule has 0 aromatic rings. The van der Waals surface area contributed by atoms with Gasteiger partial charge in [-0.3, -0.25) is 0 Å². The summed E-state index contributed by atoms with van der Waals surface area (Å²) in [6, 6.07) is 0. The molecule has 10 heavy (non-hydrogen) atoms. The summed E-state index contributed by atoms with van der Waals surface area (Å²) in [5.41, 5.74) is 1.37. The van der Waals surface area contributed by atoms with Crippen molar-refractivity contribution in [1.29, 1.82) is 0 Å². The van der Waals surface area contributed by atoms with Crippen molar-refractivity contribution < 1.29 is 0 Å². The van der Waals surface area contributed by atoms with Crippen LogP contribution in [-0.2, 0) is 0 Å². The van der Waals surface area contributed by atoms with Crippen molar-refractivity contribution in [2.24, 2.45) is 0 Å².